The summed E-state index contributed by atoms with van der Waals surface area (Å²) in [6.07, 6.45) is -16.4. The zero-order chi connectivity index (χ0) is 40.5. The van der Waals surface area contributed by atoms with E-state index in [9.17, 15) is 69.7 Å². The van der Waals surface area contributed by atoms with Crippen molar-refractivity contribution in [1.82, 2.24) is 0 Å². The second kappa shape index (κ2) is 14.3. The molecule has 0 aliphatic carbocycles. The second-order valence-corrected chi connectivity index (χ2v) is 14.7. The summed E-state index contributed by atoms with van der Waals surface area (Å²) in [6.45, 7) is -1.09. The summed E-state index contributed by atoms with van der Waals surface area (Å²) >= 11 is 0. The highest BCUT2D eigenvalue weighted by Gasteiger charge is 2.51. The summed E-state index contributed by atoms with van der Waals surface area (Å²) < 4.78 is 54.3. The molecule has 1 fully saturated rings. The molecule has 4 aromatic rings. The number of phenols is 7. The third-order valence-electron chi connectivity index (χ3n) is 10.1. The van der Waals surface area contributed by atoms with Crippen molar-refractivity contribution in [2.45, 2.75) is 67.3 Å². The van der Waals surface area contributed by atoms with Crippen molar-refractivity contribution < 1.29 is 92.6 Å². The molecule has 7 rings (SSSR count). The largest absolute Gasteiger partial charge is 0.508 e. The fourth-order valence-corrected chi connectivity index (χ4v) is 7.83. The summed E-state index contributed by atoms with van der Waals surface area (Å²) in [5, 5.41) is 132. The Kier molecular flexibility index (Phi) is 9.97. The molecule has 0 amide bonds. The van der Waals surface area contributed by atoms with Crippen molar-refractivity contribution in [1.29, 1.82) is 0 Å². The Morgan fingerprint density at radius 3 is 1.89 bits per heavy atom. The van der Waals surface area contributed by atoms with Gasteiger partial charge in [-0.25, -0.2) is 4.18 Å². The maximum Gasteiger partial charge on any atom is 0.397 e. The molecule has 4 aromatic carbocycles. The fraction of sp³-hybridized carbons (Fsp3) is 0.333. The van der Waals surface area contributed by atoms with Crippen LogP contribution in [-0.4, -0.2) is 117 Å². The fourth-order valence-electron chi connectivity index (χ4n) is 7.52. The molecule has 3 aliphatic heterocycles. The van der Waals surface area contributed by atoms with E-state index in [-0.39, 0.29) is 40.2 Å². The van der Waals surface area contributed by atoms with Crippen LogP contribution in [0.15, 0.2) is 54.6 Å². The molecule has 0 radical (unpaired) electrons. The first kappa shape index (κ1) is 39.0. The minimum absolute atomic E-state index is 0.0676. The van der Waals surface area contributed by atoms with Crippen LogP contribution in [0.1, 0.15) is 57.6 Å². The van der Waals surface area contributed by atoms with Crippen molar-refractivity contribution in [2.24, 2.45) is 0 Å². The van der Waals surface area contributed by atoms with E-state index >= 15 is 0 Å². The number of rotatable bonds is 7. The smallest absolute Gasteiger partial charge is 0.397 e. The monoisotopic (exact) mass is 804 g/mol. The standard InChI is InChI=1S/C36H36O19S/c37-14-3-1-2-12(6-14)33-29(46)27(24-19(41)9-17(39)15-8-22(44)32(54-34(15)24)13-4-5-16(38)18(40)7-13)25-20(42)10-21(43)26(35(25)55-33)36-31(48)30(47)28(45)23(53-36)11-52-56(49,50)51/h1-7,9-10,22-23,27-33,36-48H,8,11H2,(H,49,50,51). The van der Waals surface area contributed by atoms with Crippen LogP contribution in [0.5, 0.6) is 51.7 Å². The van der Waals surface area contributed by atoms with Gasteiger partial charge in [0.05, 0.1) is 24.2 Å². The normalized spacial score (nSPS) is 28.8. The van der Waals surface area contributed by atoms with Crippen LogP contribution in [0.4, 0.5) is 0 Å². The van der Waals surface area contributed by atoms with Crippen LogP contribution in [0.3, 0.4) is 0 Å². The lowest BCUT2D eigenvalue weighted by molar-refractivity contribution is -0.230. The topological polar surface area (TPSA) is 334 Å². The molecular formula is C36H36O19S. The lowest BCUT2D eigenvalue weighted by atomic mass is 9.76. The predicted molar refractivity (Wildman–Crippen MR) is 185 cm³/mol. The van der Waals surface area contributed by atoms with Crippen LogP contribution >= 0.6 is 0 Å². The van der Waals surface area contributed by atoms with Crippen LogP contribution < -0.4 is 9.47 Å². The van der Waals surface area contributed by atoms with E-state index in [2.05, 4.69) is 4.18 Å². The van der Waals surface area contributed by atoms with Gasteiger partial charge in [0.25, 0.3) is 0 Å². The minimum Gasteiger partial charge on any atom is -0.508 e. The molecule has 13 N–H and O–H groups in total. The molecule has 19 nitrogen and oxygen atoms in total. The van der Waals surface area contributed by atoms with Gasteiger partial charge in [-0.05, 0) is 35.4 Å². The molecule has 0 aromatic heterocycles. The quantitative estimate of drug-likeness (QED) is 0.0900. The number of hydrogen-bond donors (Lipinski definition) is 13. The van der Waals surface area contributed by atoms with Gasteiger partial charge in [-0.1, -0.05) is 18.2 Å². The molecule has 10 atom stereocenters. The van der Waals surface area contributed by atoms with E-state index in [1.165, 1.54) is 30.3 Å². The van der Waals surface area contributed by atoms with Gasteiger partial charge in [-0.3, -0.25) is 4.55 Å². The summed E-state index contributed by atoms with van der Waals surface area (Å²) in [7, 11) is -5.10. The maximum absolute atomic E-state index is 12.2. The van der Waals surface area contributed by atoms with Gasteiger partial charge in [0.15, 0.2) is 17.6 Å². The summed E-state index contributed by atoms with van der Waals surface area (Å²) in [5.41, 5.74) is -1.09. The predicted octanol–water partition coefficient (Wildman–Crippen LogP) is 0.631. The molecule has 20 heteroatoms. The number of ether oxygens (including phenoxy) is 3. The molecule has 3 aliphatic rings. The van der Waals surface area contributed by atoms with Crippen molar-refractivity contribution in [3.05, 3.63) is 88.0 Å². The molecule has 0 saturated carbocycles. The minimum atomic E-state index is -5.10. The highest BCUT2D eigenvalue weighted by molar-refractivity contribution is 7.80. The highest BCUT2D eigenvalue weighted by atomic mass is 32.3. The van der Waals surface area contributed by atoms with E-state index < -0.39 is 129 Å². The third kappa shape index (κ3) is 6.80. The Balaban J connectivity index is 1.45. The second-order valence-electron chi connectivity index (χ2n) is 13.6. The zero-order valence-electron chi connectivity index (χ0n) is 28.6. The first-order chi connectivity index (χ1) is 26.4. The highest BCUT2D eigenvalue weighted by Crippen LogP contribution is 2.60. The number of aliphatic hydroxyl groups excluding tert-OH is 5. The number of hydrogen-bond acceptors (Lipinski definition) is 18. The first-order valence-electron chi connectivity index (χ1n) is 16.8. The van der Waals surface area contributed by atoms with Crippen molar-refractivity contribution in [2.75, 3.05) is 6.61 Å². The molecule has 3 heterocycles. The Morgan fingerprint density at radius 2 is 1.23 bits per heavy atom. The summed E-state index contributed by atoms with van der Waals surface area (Å²) in [4.78, 5) is 0. The van der Waals surface area contributed by atoms with Gasteiger partial charge >= 0.3 is 10.4 Å². The number of aromatic hydroxyl groups is 7. The third-order valence-corrected chi connectivity index (χ3v) is 10.6. The van der Waals surface area contributed by atoms with E-state index in [0.717, 1.165) is 24.3 Å². The Hall–Kier alpha value is -5.29. The average Bonchev–Trinajstić information content (AvgIpc) is 3.12. The van der Waals surface area contributed by atoms with Gasteiger partial charge in [-0.15, -0.1) is 0 Å². The molecule has 56 heavy (non-hydrogen) atoms. The molecule has 300 valence electrons. The summed E-state index contributed by atoms with van der Waals surface area (Å²) in [6, 6.07) is 10.6. The van der Waals surface area contributed by atoms with E-state index in [1.807, 2.05) is 0 Å². The molecule has 0 spiro atoms. The number of phenolic OH excluding ortho intramolecular Hbond substituents is 7. The van der Waals surface area contributed by atoms with Crippen molar-refractivity contribution in [3.63, 3.8) is 0 Å². The number of aliphatic hydroxyl groups is 5. The van der Waals surface area contributed by atoms with Gasteiger partial charge in [0.2, 0.25) is 0 Å². The molecular weight excluding hydrogens is 768 g/mol. The first-order valence-corrected chi connectivity index (χ1v) is 18.2. The van der Waals surface area contributed by atoms with Gasteiger partial charge in [0.1, 0.15) is 83.0 Å². The van der Waals surface area contributed by atoms with Gasteiger partial charge in [0, 0.05) is 35.2 Å². The Labute approximate surface area is 316 Å². The van der Waals surface area contributed by atoms with Gasteiger partial charge < -0.3 is 75.5 Å². The summed E-state index contributed by atoms with van der Waals surface area (Å²) in [5.74, 6) is -6.74. The lowest BCUT2D eigenvalue weighted by Gasteiger charge is -2.44. The van der Waals surface area contributed by atoms with Crippen molar-refractivity contribution >= 4 is 10.4 Å². The van der Waals surface area contributed by atoms with Crippen LogP contribution in [-0.2, 0) is 25.7 Å². The average molecular weight is 805 g/mol. The zero-order valence-corrected chi connectivity index (χ0v) is 29.4. The van der Waals surface area contributed by atoms with Crippen molar-refractivity contribution in [3.8, 4) is 51.7 Å². The van der Waals surface area contributed by atoms with E-state index in [0.29, 0.717) is 0 Å². The SMILES string of the molecule is O=S(=O)(O)OCC1OC(c2c(O)cc(O)c3c2OC(c2cccc(O)c2)C(O)C3c2c(O)cc(O)c3c2OC(c2ccc(O)c(O)c2)C(O)C3)C(O)C(O)C1O. The van der Waals surface area contributed by atoms with Crippen LogP contribution in [0.25, 0.3) is 0 Å². The number of benzene rings is 4. The van der Waals surface area contributed by atoms with Gasteiger partial charge in [-0.2, -0.15) is 8.42 Å². The number of fused-ring (bicyclic) bond motifs is 2. The lowest BCUT2D eigenvalue weighted by Crippen LogP contribution is -2.55. The van der Waals surface area contributed by atoms with E-state index in [4.69, 9.17) is 18.8 Å². The molecule has 1 saturated heterocycles. The maximum atomic E-state index is 12.2. The Bertz CT molecular complexity index is 2280. The Morgan fingerprint density at radius 1 is 0.607 bits per heavy atom. The molecule has 0 bridgehead atoms. The van der Waals surface area contributed by atoms with Crippen LogP contribution in [0, 0.1) is 0 Å². The molecule has 10 unspecified atom stereocenters. The van der Waals surface area contributed by atoms with E-state index in [1.54, 1.807) is 0 Å². The van der Waals surface area contributed by atoms with Crippen LogP contribution in [0.2, 0.25) is 0 Å².